The van der Waals surface area contributed by atoms with Gasteiger partial charge in [0.05, 0.1) is 38.6 Å². The predicted molar refractivity (Wildman–Crippen MR) is 443 cm³/mol. The Kier molecular flexibility index (Phi) is 66.5. The molecule has 3 heterocycles. The quantitative estimate of drug-likeness (QED) is 0.0199. The van der Waals surface area contributed by atoms with Gasteiger partial charge >= 0.3 is 0 Å². The van der Waals surface area contributed by atoms with E-state index in [9.17, 15) is 61.0 Å². The van der Waals surface area contributed by atoms with Crippen molar-refractivity contribution in [1.82, 2.24) is 5.32 Å². The Morgan fingerprint density at radius 1 is 0.318 bits per heavy atom. The van der Waals surface area contributed by atoms with Gasteiger partial charge in [-0.1, -0.05) is 404 Å². The molecular formula is C91H173NO18. The number of rotatable bonds is 77. The molecule has 0 saturated carbocycles. The molecular weight excluding hydrogens is 1390 g/mol. The third-order valence-corrected chi connectivity index (χ3v) is 23.5. The van der Waals surface area contributed by atoms with Crippen LogP contribution in [0.5, 0.6) is 0 Å². The number of nitrogens with one attached hydrogen (secondary N) is 1. The van der Waals surface area contributed by atoms with Crippen LogP contribution in [0.1, 0.15) is 418 Å². The van der Waals surface area contributed by atoms with Gasteiger partial charge in [-0.3, -0.25) is 4.79 Å². The molecule has 12 N–H and O–H groups in total. The predicted octanol–water partition coefficient (Wildman–Crippen LogP) is 18.0. The molecule has 1 amide bonds. The van der Waals surface area contributed by atoms with E-state index < -0.39 is 124 Å². The largest absolute Gasteiger partial charge is 0.394 e. The van der Waals surface area contributed by atoms with Crippen molar-refractivity contribution < 1.29 is 89.4 Å². The van der Waals surface area contributed by atoms with E-state index in [-0.39, 0.29) is 18.9 Å². The van der Waals surface area contributed by atoms with Crippen LogP contribution in [0.3, 0.4) is 0 Å². The molecule has 3 aliphatic heterocycles. The summed E-state index contributed by atoms with van der Waals surface area (Å²) in [6.07, 6.45) is 63.6. The van der Waals surface area contributed by atoms with Gasteiger partial charge in [-0.05, 0) is 32.1 Å². The number of hydrogen-bond donors (Lipinski definition) is 12. The molecule has 0 spiro atoms. The van der Waals surface area contributed by atoms with E-state index in [0.717, 1.165) is 38.5 Å². The zero-order valence-corrected chi connectivity index (χ0v) is 70.3. The first kappa shape index (κ1) is 102. The summed E-state index contributed by atoms with van der Waals surface area (Å²) in [5, 5.41) is 121. The molecule has 3 saturated heterocycles. The highest BCUT2D eigenvalue weighted by Crippen LogP contribution is 2.34. The summed E-state index contributed by atoms with van der Waals surface area (Å²) in [6, 6.07) is -0.990. The van der Waals surface area contributed by atoms with Gasteiger partial charge in [-0.2, -0.15) is 0 Å². The topological polar surface area (TPSA) is 307 Å². The molecule has 0 aromatic rings. The second-order valence-corrected chi connectivity index (χ2v) is 33.5. The Labute approximate surface area is 670 Å². The molecule has 19 nitrogen and oxygen atoms in total. The van der Waals surface area contributed by atoms with Crippen LogP contribution in [0.2, 0.25) is 0 Å². The lowest BCUT2D eigenvalue weighted by Gasteiger charge is -2.48. The van der Waals surface area contributed by atoms with Crippen LogP contribution < -0.4 is 5.32 Å². The Morgan fingerprint density at radius 3 is 0.909 bits per heavy atom. The highest BCUT2D eigenvalue weighted by Gasteiger charge is 2.54. The van der Waals surface area contributed by atoms with E-state index in [2.05, 4.69) is 31.3 Å². The first-order chi connectivity index (χ1) is 53.8. The van der Waals surface area contributed by atoms with Crippen molar-refractivity contribution in [2.24, 2.45) is 0 Å². The maximum absolute atomic E-state index is 13.5. The lowest BCUT2D eigenvalue weighted by atomic mass is 9.96. The van der Waals surface area contributed by atoms with Crippen molar-refractivity contribution in [3.8, 4) is 0 Å². The lowest BCUT2D eigenvalue weighted by Crippen LogP contribution is -2.66. The van der Waals surface area contributed by atoms with Crippen molar-refractivity contribution in [2.75, 3.05) is 26.4 Å². The van der Waals surface area contributed by atoms with Crippen LogP contribution in [0.25, 0.3) is 0 Å². The van der Waals surface area contributed by atoms with E-state index >= 15 is 0 Å². The van der Waals surface area contributed by atoms with Crippen molar-refractivity contribution in [2.45, 2.75) is 523 Å². The van der Waals surface area contributed by atoms with Gasteiger partial charge in [-0.25, -0.2) is 0 Å². The van der Waals surface area contributed by atoms with Crippen LogP contribution in [-0.4, -0.2) is 193 Å². The first-order valence-electron chi connectivity index (χ1n) is 46.6. The third kappa shape index (κ3) is 49.5. The molecule has 17 unspecified atom stereocenters. The van der Waals surface area contributed by atoms with Crippen molar-refractivity contribution in [3.05, 3.63) is 24.3 Å². The highest BCUT2D eigenvalue weighted by atomic mass is 16.8. The van der Waals surface area contributed by atoms with Crippen LogP contribution >= 0.6 is 0 Å². The van der Waals surface area contributed by atoms with Crippen LogP contribution in [0.15, 0.2) is 24.3 Å². The third-order valence-electron chi connectivity index (χ3n) is 23.5. The monoisotopic (exact) mass is 1570 g/mol. The van der Waals surface area contributed by atoms with Gasteiger partial charge in [0.25, 0.3) is 0 Å². The number of ether oxygens (including phenoxy) is 6. The molecule has 0 bridgehead atoms. The fourth-order valence-electron chi connectivity index (χ4n) is 16.1. The van der Waals surface area contributed by atoms with E-state index in [1.54, 1.807) is 6.08 Å². The standard InChI is InChI=1S/C91H173NO18/c1-3-5-7-9-11-13-15-17-19-21-23-25-27-29-31-33-35-36-37-39-41-43-45-47-49-51-53-55-57-59-61-63-65-67-69-79(97)92-74(75(96)68-66-64-62-60-58-56-54-52-50-48-46-44-42-40-38-34-32-30-28-26-24-22-20-18-16-14-12-10-8-6-4-2)73-105-89-85(103)82(100)87(77(71-94)107-89)110-91-86(104)83(101)88(78(72-95)108-91)109-90-84(102)81(99)80(98)76(70-93)106-90/h58,60,66,68,74-78,80-91,93-96,98-104H,3-57,59,61-65,67,69-73H2,1-2H3,(H,92,97)/b60-58+,68-66+. The second-order valence-electron chi connectivity index (χ2n) is 33.5. The summed E-state index contributed by atoms with van der Waals surface area (Å²) in [4.78, 5) is 13.5. The van der Waals surface area contributed by atoms with Gasteiger partial charge in [-0.15, -0.1) is 0 Å². The fourth-order valence-corrected chi connectivity index (χ4v) is 16.1. The van der Waals surface area contributed by atoms with Crippen LogP contribution in [-0.2, 0) is 33.2 Å². The number of hydrogen-bond acceptors (Lipinski definition) is 18. The van der Waals surface area contributed by atoms with Gasteiger partial charge in [0, 0.05) is 6.42 Å². The van der Waals surface area contributed by atoms with Crippen molar-refractivity contribution in [3.63, 3.8) is 0 Å². The second kappa shape index (κ2) is 71.4. The molecule has 0 aromatic carbocycles. The van der Waals surface area contributed by atoms with E-state index in [0.29, 0.717) is 12.8 Å². The maximum Gasteiger partial charge on any atom is 0.220 e. The molecule has 3 rings (SSSR count). The number of allylic oxidation sites excluding steroid dienone is 3. The average molecular weight is 1570 g/mol. The number of carbonyl (C=O) groups excluding carboxylic acids is 1. The number of carbonyl (C=O) groups is 1. The highest BCUT2D eigenvalue weighted by molar-refractivity contribution is 5.76. The summed E-state index contributed by atoms with van der Waals surface area (Å²) in [5.74, 6) is -0.275. The van der Waals surface area contributed by atoms with Gasteiger partial charge in [0.2, 0.25) is 5.91 Å². The minimum atomic E-state index is -1.98. The lowest BCUT2D eigenvalue weighted by molar-refractivity contribution is -0.379. The summed E-state index contributed by atoms with van der Waals surface area (Å²) in [6.45, 7) is 1.80. The zero-order valence-electron chi connectivity index (χ0n) is 70.3. The van der Waals surface area contributed by atoms with Crippen molar-refractivity contribution >= 4 is 5.91 Å². The number of aliphatic hydroxyl groups excluding tert-OH is 11. The smallest absolute Gasteiger partial charge is 0.220 e. The number of amides is 1. The Morgan fingerprint density at radius 2 is 0.582 bits per heavy atom. The molecule has 0 radical (unpaired) electrons. The minimum absolute atomic E-state index is 0.241. The Bertz CT molecular complexity index is 2070. The fraction of sp³-hybridized carbons (Fsp3) is 0.945. The number of unbranched alkanes of at least 4 members (excludes halogenated alkanes) is 59. The molecule has 650 valence electrons. The van der Waals surface area contributed by atoms with Crippen LogP contribution in [0.4, 0.5) is 0 Å². The molecule has 19 heteroatoms. The first-order valence-corrected chi connectivity index (χ1v) is 46.6. The summed E-state index contributed by atoms with van der Waals surface area (Å²) in [5.41, 5.74) is 0. The molecule has 17 atom stereocenters. The molecule has 3 fully saturated rings. The van der Waals surface area contributed by atoms with E-state index in [1.807, 2.05) is 6.08 Å². The molecule has 0 aromatic heterocycles. The number of aliphatic hydroxyl groups is 11. The summed E-state index contributed by atoms with van der Waals surface area (Å²) < 4.78 is 34.5. The van der Waals surface area contributed by atoms with Crippen LogP contribution in [0, 0.1) is 0 Å². The normalized spacial score (nSPS) is 25.2. The maximum atomic E-state index is 13.5. The summed E-state index contributed by atoms with van der Waals surface area (Å²) in [7, 11) is 0. The summed E-state index contributed by atoms with van der Waals surface area (Å²) >= 11 is 0. The SMILES string of the molecule is CCCCCCCCCCCCCCCCCCCCCCCCCCC/C=C/CC/C=C/C(O)C(COC1OC(CO)C(OC2OC(CO)C(OC3OC(CO)C(O)C(O)C3O)C(O)C2O)C(O)C1O)NC(=O)CCCCCCCCCCCCCCCCCCCCCCCCCCCCCCCCCCCC. The van der Waals surface area contributed by atoms with Crippen molar-refractivity contribution in [1.29, 1.82) is 0 Å². The van der Waals surface area contributed by atoms with Gasteiger partial charge in [0.1, 0.15) is 73.2 Å². The Balaban J connectivity index is 1.32. The average Bonchev–Trinajstić information content (AvgIpc) is 0.777. The zero-order chi connectivity index (χ0) is 79.5. The van der Waals surface area contributed by atoms with E-state index in [4.69, 9.17) is 28.4 Å². The molecule has 0 aliphatic carbocycles. The Hall–Kier alpha value is -1.73. The van der Waals surface area contributed by atoms with Gasteiger partial charge in [0.15, 0.2) is 18.9 Å². The van der Waals surface area contributed by atoms with E-state index in [1.165, 1.54) is 347 Å². The molecule has 110 heavy (non-hydrogen) atoms. The minimum Gasteiger partial charge on any atom is -0.394 e. The molecule has 3 aliphatic rings. The van der Waals surface area contributed by atoms with Gasteiger partial charge < -0.3 is 89.9 Å².